The summed E-state index contributed by atoms with van der Waals surface area (Å²) in [7, 11) is 1.51. The molecule has 164 valence electrons. The van der Waals surface area contributed by atoms with Gasteiger partial charge in [-0.05, 0) is 24.1 Å². The number of benzene rings is 2. The highest BCUT2D eigenvalue weighted by atomic mass is 16.5. The molecule has 0 unspecified atom stereocenters. The van der Waals surface area contributed by atoms with E-state index in [2.05, 4.69) is 11.4 Å². The first-order valence-electron chi connectivity index (χ1n) is 10.3. The number of aryl methyl sites for hydroxylation is 1. The van der Waals surface area contributed by atoms with Gasteiger partial charge in [-0.3, -0.25) is 4.79 Å². The van der Waals surface area contributed by atoms with E-state index >= 15 is 0 Å². The normalized spacial score (nSPS) is 25.6. The Hall–Kier alpha value is -2.76. The van der Waals surface area contributed by atoms with Crippen molar-refractivity contribution in [3.63, 3.8) is 0 Å². The quantitative estimate of drug-likeness (QED) is 0.627. The molecule has 4 atom stereocenters. The fourth-order valence-corrected chi connectivity index (χ4v) is 3.96. The number of nitrogens with zero attached hydrogens (tertiary/aromatic N) is 1. The number of aliphatic hydroxyl groups is 2. The van der Waals surface area contributed by atoms with E-state index < -0.39 is 23.9 Å². The predicted octanol–water partition coefficient (Wildman–Crippen LogP) is 1.97. The first kappa shape index (κ1) is 22.9. The Morgan fingerprint density at radius 3 is 2.68 bits per heavy atom. The Morgan fingerprint density at radius 2 is 1.97 bits per heavy atom. The number of carbonyl (C=O) groups excluding carboxylic acids is 1. The van der Waals surface area contributed by atoms with Crippen LogP contribution in [0.15, 0.2) is 48.5 Å². The van der Waals surface area contributed by atoms with Gasteiger partial charge in [0.15, 0.2) is 5.60 Å². The molecule has 0 saturated heterocycles. The smallest absolute Gasteiger partial charge is 0.252 e. The average molecular weight is 424 g/mol. The van der Waals surface area contributed by atoms with Gasteiger partial charge in [-0.2, -0.15) is 5.26 Å². The van der Waals surface area contributed by atoms with Crippen molar-refractivity contribution in [1.29, 1.82) is 5.26 Å². The van der Waals surface area contributed by atoms with Crippen molar-refractivity contribution >= 4 is 5.91 Å². The fraction of sp³-hybridized carbons (Fsp3) is 0.417. The maximum absolute atomic E-state index is 12.8. The minimum absolute atomic E-state index is 0.0473. The maximum Gasteiger partial charge on any atom is 0.252 e. The Bertz CT molecular complexity index is 957. The van der Waals surface area contributed by atoms with Gasteiger partial charge in [-0.15, -0.1) is 0 Å². The van der Waals surface area contributed by atoms with Crippen LogP contribution >= 0.6 is 0 Å². The van der Waals surface area contributed by atoms with Crippen LogP contribution in [0.25, 0.3) is 0 Å². The Balaban J connectivity index is 1.79. The zero-order valence-corrected chi connectivity index (χ0v) is 17.7. The van der Waals surface area contributed by atoms with Crippen LogP contribution in [-0.2, 0) is 27.5 Å². The molecule has 7 heteroatoms. The van der Waals surface area contributed by atoms with E-state index in [0.29, 0.717) is 11.1 Å². The molecule has 1 amide bonds. The van der Waals surface area contributed by atoms with Crippen molar-refractivity contribution in [1.82, 2.24) is 5.32 Å². The lowest BCUT2D eigenvalue weighted by Crippen LogP contribution is -2.60. The molecule has 0 aliphatic heterocycles. The Kier molecular flexibility index (Phi) is 7.42. The number of likely N-dealkylation sites (N-methyl/N-ethyl adjacent to an activating group) is 1. The third kappa shape index (κ3) is 5.30. The molecule has 1 fully saturated rings. The third-order valence-electron chi connectivity index (χ3n) is 5.67. The van der Waals surface area contributed by atoms with E-state index in [4.69, 9.17) is 9.47 Å². The molecule has 0 spiro atoms. The van der Waals surface area contributed by atoms with E-state index in [1.807, 2.05) is 31.2 Å². The highest BCUT2D eigenvalue weighted by Gasteiger charge is 2.51. The summed E-state index contributed by atoms with van der Waals surface area (Å²) in [5.41, 5.74) is 1.78. The molecule has 3 N–H and O–H groups in total. The van der Waals surface area contributed by atoms with Crippen molar-refractivity contribution in [2.75, 3.05) is 7.05 Å². The fourth-order valence-electron chi connectivity index (χ4n) is 3.96. The molecule has 1 aliphatic carbocycles. The molecule has 0 aromatic heterocycles. The summed E-state index contributed by atoms with van der Waals surface area (Å²) >= 11 is 0. The average Bonchev–Trinajstić information content (AvgIpc) is 2.78. The van der Waals surface area contributed by atoms with E-state index in [1.165, 1.54) is 7.05 Å². The number of nitriles is 1. The van der Waals surface area contributed by atoms with Gasteiger partial charge in [0.05, 0.1) is 37.1 Å². The third-order valence-corrected chi connectivity index (χ3v) is 5.67. The standard InChI is InChI=1S/C24H28N2O5/c1-16-6-5-7-17(10-16)14-31-24(23(29)26-2)11-20(27)22(28)21(12-24)30-15-19-9-4-3-8-18(19)13-25/h3-10,20-22,27-28H,11-12,14-15H2,1-2H3,(H,26,29)/t20-,21+,22-,24+/m1/s1. The van der Waals surface area contributed by atoms with Crippen molar-refractivity contribution in [3.05, 3.63) is 70.8 Å². The Labute approximate surface area is 182 Å². The second-order valence-electron chi connectivity index (χ2n) is 7.94. The molecular formula is C24H28N2O5. The largest absolute Gasteiger partial charge is 0.390 e. The summed E-state index contributed by atoms with van der Waals surface area (Å²) in [5.74, 6) is -0.378. The van der Waals surface area contributed by atoms with Gasteiger partial charge in [0.2, 0.25) is 0 Å². The molecule has 31 heavy (non-hydrogen) atoms. The van der Waals surface area contributed by atoms with E-state index in [0.717, 1.165) is 11.1 Å². The lowest BCUT2D eigenvalue weighted by atomic mass is 9.78. The van der Waals surface area contributed by atoms with Gasteiger partial charge >= 0.3 is 0 Å². The number of aliphatic hydroxyl groups excluding tert-OH is 2. The van der Waals surface area contributed by atoms with Crippen LogP contribution in [0, 0.1) is 18.3 Å². The second-order valence-corrected chi connectivity index (χ2v) is 7.94. The molecule has 2 aromatic carbocycles. The first-order valence-corrected chi connectivity index (χ1v) is 10.3. The summed E-state index contributed by atoms with van der Waals surface area (Å²) in [4.78, 5) is 12.8. The zero-order chi connectivity index (χ0) is 22.4. The van der Waals surface area contributed by atoms with Crippen LogP contribution in [0.5, 0.6) is 0 Å². The molecule has 0 radical (unpaired) electrons. The van der Waals surface area contributed by atoms with Crippen LogP contribution in [0.3, 0.4) is 0 Å². The van der Waals surface area contributed by atoms with Crippen LogP contribution in [0.2, 0.25) is 0 Å². The topological polar surface area (TPSA) is 112 Å². The monoisotopic (exact) mass is 424 g/mol. The van der Waals surface area contributed by atoms with Crippen LogP contribution < -0.4 is 5.32 Å². The van der Waals surface area contributed by atoms with Gasteiger partial charge in [0, 0.05) is 19.9 Å². The highest BCUT2D eigenvalue weighted by molar-refractivity contribution is 5.85. The number of nitrogens with one attached hydrogen (secondary N) is 1. The molecule has 1 aliphatic rings. The van der Waals surface area contributed by atoms with E-state index in [-0.39, 0.29) is 32.0 Å². The lowest BCUT2D eigenvalue weighted by molar-refractivity contribution is -0.199. The molecule has 0 bridgehead atoms. The van der Waals surface area contributed by atoms with Gasteiger partial charge < -0.3 is 25.0 Å². The summed E-state index contributed by atoms with van der Waals surface area (Å²) in [6.45, 7) is 2.23. The lowest BCUT2D eigenvalue weighted by Gasteiger charge is -2.43. The van der Waals surface area contributed by atoms with Gasteiger partial charge in [-0.1, -0.05) is 48.0 Å². The number of ether oxygens (including phenoxy) is 2. The van der Waals surface area contributed by atoms with Crippen LogP contribution in [-0.4, -0.2) is 47.1 Å². The summed E-state index contributed by atoms with van der Waals surface area (Å²) in [5, 5.41) is 32.9. The molecular weight excluding hydrogens is 396 g/mol. The predicted molar refractivity (Wildman–Crippen MR) is 114 cm³/mol. The number of hydrogen-bond donors (Lipinski definition) is 3. The summed E-state index contributed by atoms with van der Waals surface area (Å²) < 4.78 is 12.0. The summed E-state index contributed by atoms with van der Waals surface area (Å²) in [6.07, 6.45) is -3.18. The molecule has 3 rings (SSSR count). The van der Waals surface area contributed by atoms with Crippen molar-refractivity contribution in [2.24, 2.45) is 0 Å². The number of carbonyl (C=O) groups is 1. The van der Waals surface area contributed by atoms with Gasteiger partial charge in [-0.25, -0.2) is 0 Å². The number of rotatable bonds is 7. The molecule has 0 heterocycles. The van der Waals surface area contributed by atoms with E-state index in [9.17, 15) is 20.3 Å². The minimum Gasteiger partial charge on any atom is -0.390 e. The van der Waals surface area contributed by atoms with Crippen LogP contribution in [0.4, 0.5) is 0 Å². The van der Waals surface area contributed by atoms with Crippen LogP contribution in [0.1, 0.15) is 35.1 Å². The molecule has 2 aromatic rings. The second kappa shape index (κ2) is 10.0. The number of amides is 1. The minimum atomic E-state index is -1.35. The van der Waals surface area contributed by atoms with Crippen molar-refractivity contribution in [3.8, 4) is 6.07 Å². The first-order chi connectivity index (χ1) is 14.9. The zero-order valence-electron chi connectivity index (χ0n) is 17.7. The molecule has 1 saturated carbocycles. The van der Waals surface area contributed by atoms with Crippen molar-refractivity contribution < 1.29 is 24.5 Å². The summed E-state index contributed by atoms with van der Waals surface area (Å²) in [6, 6.07) is 16.9. The number of hydrogen-bond acceptors (Lipinski definition) is 6. The highest BCUT2D eigenvalue weighted by Crippen LogP contribution is 2.35. The Morgan fingerprint density at radius 1 is 1.19 bits per heavy atom. The van der Waals surface area contributed by atoms with Crippen molar-refractivity contribution in [2.45, 2.75) is 56.9 Å². The van der Waals surface area contributed by atoms with Gasteiger partial charge in [0.25, 0.3) is 5.91 Å². The maximum atomic E-state index is 12.8. The van der Waals surface area contributed by atoms with Gasteiger partial charge in [0.1, 0.15) is 6.10 Å². The molecule has 7 nitrogen and oxygen atoms in total. The van der Waals surface area contributed by atoms with E-state index in [1.54, 1.807) is 24.3 Å². The SMILES string of the molecule is CNC(=O)[C@]1(OCc2cccc(C)c2)C[C@@H](O)[C@@H](O)[C@@H](OCc2ccccc2C#N)C1.